The van der Waals surface area contributed by atoms with Crippen molar-refractivity contribution < 1.29 is 14.3 Å². The molecule has 32 heavy (non-hydrogen) atoms. The van der Waals surface area contributed by atoms with Crippen LogP contribution >= 0.6 is 0 Å². The first-order valence-corrected chi connectivity index (χ1v) is 11.1. The number of rotatable bonds is 8. The van der Waals surface area contributed by atoms with Crippen LogP contribution in [0.1, 0.15) is 49.9 Å². The van der Waals surface area contributed by atoms with Gasteiger partial charge in [0.2, 0.25) is 5.91 Å². The molecule has 1 fully saturated rings. The molecule has 170 valence electrons. The van der Waals surface area contributed by atoms with Crippen LogP contribution in [-0.4, -0.2) is 55.2 Å². The maximum Gasteiger partial charge on any atom is 0.225 e. The maximum atomic E-state index is 12.5. The highest BCUT2D eigenvalue weighted by molar-refractivity contribution is 5.77. The van der Waals surface area contributed by atoms with Gasteiger partial charge in [-0.2, -0.15) is 5.26 Å². The normalized spacial score (nSPS) is 16.2. The Morgan fingerprint density at radius 2 is 2.03 bits per heavy atom. The number of piperazine rings is 1. The molecule has 0 radical (unpaired) electrons. The largest absolute Gasteiger partial charge is 0.487 e. The van der Waals surface area contributed by atoms with E-state index in [1.807, 2.05) is 42.2 Å². The van der Waals surface area contributed by atoms with E-state index in [2.05, 4.69) is 24.8 Å². The number of nitrogens with zero attached hydrogens (tertiary/aromatic N) is 4. The minimum atomic E-state index is 0.0259. The average molecular weight is 437 g/mol. The Bertz CT molecular complexity index is 956. The molecule has 0 N–H and O–H groups in total. The number of ether oxygens (including phenoxy) is 2. The van der Waals surface area contributed by atoms with Crippen molar-refractivity contribution in [2.24, 2.45) is 0 Å². The summed E-state index contributed by atoms with van der Waals surface area (Å²) in [6, 6.07) is 14.1. The van der Waals surface area contributed by atoms with E-state index in [1.165, 1.54) is 0 Å². The van der Waals surface area contributed by atoms with Gasteiger partial charge in [0, 0.05) is 38.9 Å². The molecule has 0 spiro atoms. The molecule has 1 unspecified atom stereocenters. The summed E-state index contributed by atoms with van der Waals surface area (Å²) in [6.45, 7) is 8.88. The maximum absolute atomic E-state index is 12.5. The van der Waals surface area contributed by atoms with Crippen molar-refractivity contribution >= 4 is 11.7 Å². The summed E-state index contributed by atoms with van der Waals surface area (Å²) in [4.78, 5) is 21.3. The van der Waals surface area contributed by atoms with Crippen LogP contribution in [-0.2, 0) is 16.1 Å². The fourth-order valence-electron chi connectivity index (χ4n) is 3.94. The van der Waals surface area contributed by atoms with Gasteiger partial charge in [0.15, 0.2) is 0 Å². The highest BCUT2D eigenvalue weighted by atomic mass is 16.5. The summed E-state index contributed by atoms with van der Waals surface area (Å²) in [5, 5.41) is 9.84. The second kappa shape index (κ2) is 11.0. The summed E-state index contributed by atoms with van der Waals surface area (Å²) in [5.74, 6) is 1.55. The minimum absolute atomic E-state index is 0.0259. The number of amides is 1. The van der Waals surface area contributed by atoms with Crippen LogP contribution < -0.4 is 9.64 Å². The number of methoxy groups -OCH3 is 1. The molecule has 3 rings (SSSR count). The zero-order chi connectivity index (χ0) is 23.1. The van der Waals surface area contributed by atoms with E-state index in [-0.39, 0.29) is 17.9 Å². The lowest BCUT2D eigenvalue weighted by atomic mass is 10.1. The Morgan fingerprint density at radius 1 is 1.28 bits per heavy atom. The highest BCUT2D eigenvalue weighted by Gasteiger charge is 2.30. The number of hydrogen-bond acceptors (Lipinski definition) is 6. The molecule has 1 atom stereocenters. The molecule has 1 amide bonds. The van der Waals surface area contributed by atoms with Crippen LogP contribution in [0.25, 0.3) is 0 Å². The van der Waals surface area contributed by atoms with Gasteiger partial charge in [-0.15, -0.1) is 0 Å². The molecule has 0 aliphatic carbocycles. The van der Waals surface area contributed by atoms with Gasteiger partial charge in [0.05, 0.1) is 24.3 Å². The number of nitriles is 1. The molecule has 2 heterocycles. The van der Waals surface area contributed by atoms with Gasteiger partial charge in [-0.25, -0.2) is 4.98 Å². The molecule has 1 saturated heterocycles. The Kier molecular flexibility index (Phi) is 8.07. The van der Waals surface area contributed by atoms with E-state index in [1.54, 1.807) is 13.2 Å². The van der Waals surface area contributed by atoms with Crippen molar-refractivity contribution in [2.75, 3.05) is 38.3 Å². The highest BCUT2D eigenvalue weighted by Crippen LogP contribution is 2.32. The molecule has 2 aromatic rings. The first-order valence-electron chi connectivity index (χ1n) is 11.1. The summed E-state index contributed by atoms with van der Waals surface area (Å²) >= 11 is 0. The quantitative estimate of drug-likeness (QED) is 0.627. The third-order valence-corrected chi connectivity index (χ3v) is 5.67. The lowest BCUT2D eigenvalue weighted by Gasteiger charge is -2.41. The fourth-order valence-corrected chi connectivity index (χ4v) is 3.94. The first-order chi connectivity index (χ1) is 15.4. The molecule has 1 aliphatic heterocycles. The zero-order valence-electron chi connectivity index (χ0n) is 19.4. The van der Waals surface area contributed by atoms with Crippen molar-refractivity contribution in [3.8, 4) is 11.8 Å². The Morgan fingerprint density at radius 3 is 2.66 bits per heavy atom. The zero-order valence-corrected chi connectivity index (χ0v) is 19.4. The molecule has 1 aliphatic rings. The molecular formula is C25H32N4O3. The number of pyridine rings is 1. The van der Waals surface area contributed by atoms with Crippen molar-refractivity contribution in [2.45, 2.75) is 45.8 Å². The summed E-state index contributed by atoms with van der Waals surface area (Å²) < 4.78 is 11.1. The Labute approximate surface area is 190 Å². The molecule has 0 saturated carbocycles. The molecule has 1 aromatic heterocycles. The summed E-state index contributed by atoms with van der Waals surface area (Å²) in [5.41, 5.74) is 2.39. The van der Waals surface area contributed by atoms with E-state index in [0.29, 0.717) is 56.4 Å². The number of carbonyl (C=O) groups excluding carboxylic acids is 1. The van der Waals surface area contributed by atoms with E-state index in [4.69, 9.17) is 14.5 Å². The van der Waals surface area contributed by atoms with Crippen molar-refractivity contribution in [1.82, 2.24) is 9.88 Å². The Hall–Kier alpha value is -3.11. The SMILES string of the molecule is COCCC(=O)N1CCN(c2nc(C(C)C)c(OCc3ccccc3)cc2C#N)CC1C. The van der Waals surface area contributed by atoms with E-state index in [0.717, 1.165) is 11.3 Å². The van der Waals surface area contributed by atoms with Crippen molar-refractivity contribution in [1.29, 1.82) is 5.26 Å². The van der Waals surface area contributed by atoms with Gasteiger partial charge >= 0.3 is 0 Å². The third-order valence-electron chi connectivity index (χ3n) is 5.67. The smallest absolute Gasteiger partial charge is 0.225 e. The van der Waals surface area contributed by atoms with Gasteiger partial charge in [0.1, 0.15) is 24.2 Å². The van der Waals surface area contributed by atoms with Crippen LogP contribution in [0.2, 0.25) is 0 Å². The number of anilines is 1. The minimum Gasteiger partial charge on any atom is -0.487 e. The van der Waals surface area contributed by atoms with Crippen LogP contribution in [0, 0.1) is 11.3 Å². The molecule has 7 heteroatoms. The summed E-state index contributed by atoms with van der Waals surface area (Å²) in [6.07, 6.45) is 0.382. The standard InChI is InChI=1S/C25H32N4O3/c1-18(2)24-22(32-17-20-8-6-5-7-9-20)14-21(15-26)25(27-24)28-11-12-29(19(3)16-28)23(30)10-13-31-4/h5-9,14,18-19H,10-13,16-17H2,1-4H3. The van der Waals surface area contributed by atoms with Crippen LogP contribution in [0.15, 0.2) is 36.4 Å². The topological polar surface area (TPSA) is 78.7 Å². The lowest BCUT2D eigenvalue weighted by Crippen LogP contribution is -2.54. The number of carbonyl (C=O) groups is 1. The van der Waals surface area contributed by atoms with Crippen molar-refractivity contribution in [3.05, 3.63) is 53.2 Å². The number of aromatic nitrogens is 1. The van der Waals surface area contributed by atoms with Crippen LogP contribution in [0.3, 0.4) is 0 Å². The van der Waals surface area contributed by atoms with Crippen LogP contribution in [0.4, 0.5) is 5.82 Å². The van der Waals surface area contributed by atoms with Crippen molar-refractivity contribution in [3.63, 3.8) is 0 Å². The monoisotopic (exact) mass is 436 g/mol. The number of benzene rings is 1. The second-order valence-corrected chi connectivity index (χ2v) is 8.41. The molecule has 0 bridgehead atoms. The van der Waals surface area contributed by atoms with Crippen LogP contribution in [0.5, 0.6) is 5.75 Å². The van der Waals surface area contributed by atoms with E-state index in [9.17, 15) is 10.1 Å². The lowest BCUT2D eigenvalue weighted by molar-refractivity contribution is -0.134. The summed E-state index contributed by atoms with van der Waals surface area (Å²) in [7, 11) is 1.60. The number of hydrogen-bond donors (Lipinski definition) is 0. The van der Waals surface area contributed by atoms with Gasteiger partial charge in [-0.05, 0) is 18.4 Å². The van der Waals surface area contributed by atoms with E-state index >= 15 is 0 Å². The van der Waals surface area contributed by atoms with E-state index < -0.39 is 0 Å². The first kappa shape index (κ1) is 23.6. The fraction of sp³-hybridized carbons (Fsp3) is 0.480. The Balaban J connectivity index is 1.80. The second-order valence-electron chi connectivity index (χ2n) is 8.41. The molecular weight excluding hydrogens is 404 g/mol. The van der Waals surface area contributed by atoms with Gasteiger partial charge in [-0.1, -0.05) is 44.2 Å². The predicted octanol–water partition coefficient (Wildman–Crippen LogP) is 3.73. The third kappa shape index (κ3) is 5.57. The average Bonchev–Trinajstić information content (AvgIpc) is 2.81. The van der Waals surface area contributed by atoms with Gasteiger partial charge in [-0.3, -0.25) is 4.79 Å². The molecule has 7 nitrogen and oxygen atoms in total. The predicted molar refractivity (Wildman–Crippen MR) is 124 cm³/mol. The molecule has 1 aromatic carbocycles. The van der Waals surface area contributed by atoms with Gasteiger partial charge in [0.25, 0.3) is 0 Å². The van der Waals surface area contributed by atoms with Gasteiger partial charge < -0.3 is 19.3 Å².